The Morgan fingerprint density at radius 1 is 1.14 bits per heavy atom. The maximum absolute atomic E-state index is 13.2. The molecule has 2 fully saturated rings. The molecule has 0 radical (unpaired) electrons. The molecule has 44 heavy (non-hydrogen) atoms. The highest BCUT2D eigenvalue weighted by atomic mass is 32.2. The predicted octanol–water partition coefficient (Wildman–Crippen LogP) is 3.71. The van der Waals surface area contributed by atoms with Crippen LogP contribution >= 0.6 is 0 Å². The van der Waals surface area contributed by atoms with Crippen LogP contribution in [0.1, 0.15) is 49.3 Å². The number of amidine groups is 1. The van der Waals surface area contributed by atoms with Crippen molar-refractivity contribution in [1.82, 2.24) is 14.9 Å². The highest BCUT2D eigenvalue weighted by Gasteiger charge is 2.47. The average Bonchev–Trinajstić information content (AvgIpc) is 3.27. The maximum Gasteiger partial charge on any atom is 0.573 e. The summed E-state index contributed by atoms with van der Waals surface area (Å²) >= 11 is 0. The standard InChI is InChI=1S/C30H34F3N5O5S/c1-20-18-25(38(21(2)39)24-8-13-34-14-9-24)7-6-22(20)10-17-44(41,42)37-15-11-29(12-16-37)28(40)35-27(36-29)23-4-3-5-26(19-23)43-30(31,32)33/h3-7,10,17-19,24,34H,8-9,11-16H2,1-2H3,(H,35,36,40). The van der Waals surface area contributed by atoms with Crippen molar-refractivity contribution in [3.63, 3.8) is 0 Å². The second-order valence-electron chi connectivity index (χ2n) is 11.2. The molecule has 1 spiro atoms. The Hall–Kier alpha value is -3.75. The molecule has 3 aliphatic rings. The van der Waals surface area contributed by atoms with Crippen LogP contribution in [0.4, 0.5) is 18.9 Å². The number of hydrogen-bond donors (Lipinski definition) is 2. The van der Waals surface area contributed by atoms with E-state index in [1.54, 1.807) is 13.0 Å². The Bertz CT molecular complexity index is 1590. The van der Waals surface area contributed by atoms with Gasteiger partial charge in [0.2, 0.25) is 15.9 Å². The van der Waals surface area contributed by atoms with Crippen molar-refractivity contribution in [2.75, 3.05) is 31.1 Å². The molecule has 2 saturated heterocycles. The van der Waals surface area contributed by atoms with Crippen molar-refractivity contribution in [3.05, 3.63) is 64.6 Å². The molecule has 5 rings (SSSR count). The van der Waals surface area contributed by atoms with Gasteiger partial charge in [-0.05, 0) is 87.2 Å². The Labute approximate surface area is 254 Å². The molecular weight excluding hydrogens is 599 g/mol. The summed E-state index contributed by atoms with van der Waals surface area (Å²) in [4.78, 5) is 31.7. The third-order valence-electron chi connectivity index (χ3n) is 8.20. The summed E-state index contributed by atoms with van der Waals surface area (Å²) in [7, 11) is -3.83. The average molecular weight is 634 g/mol. The molecule has 0 bridgehead atoms. The van der Waals surface area contributed by atoms with Crippen molar-refractivity contribution < 1.29 is 35.9 Å². The van der Waals surface area contributed by atoms with Gasteiger partial charge < -0.3 is 20.3 Å². The zero-order valence-electron chi connectivity index (χ0n) is 24.4. The smallest absolute Gasteiger partial charge is 0.406 e. The number of carbonyl (C=O) groups excluding carboxylic acids is 2. The van der Waals surface area contributed by atoms with Crippen LogP contribution in [0, 0.1) is 6.92 Å². The first-order chi connectivity index (χ1) is 20.8. The summed E-state index contributed by atoms with van der Waals surface area (Å²) in [6, 6.07) is 10.8. The molecular formula is C30H34F3N5O5S. The number of nitrogens with one attached hydrogen (secondary N) is 2. The minimum atomic E-state index is -4.86. The van der Waals surface area contributed by atoms with Crippen molar-refractivity contribution in [2.45, 2.75) is 57.5 Å². The minimum absolute atomic E-state index is 0.0375. The summed E-state index contributed by atoms with van der Waals surface area (Å²) in [5, 5.41) is 7.07. The third-order valence-corrected chi connectivity index (χ3v) is 9.76. The van der Waals surface area contributed by atoms with E-state index < -0.39 is 33.6 Å². The van der Waals surface area contributed by atoms with E-state index in [1.165, 1.54) is 22.5 Å². The van der Waals surface area contributed by atoms with E-state index in [0.717, 1.165) is 54.7 Å². The maximum atomic E-state index is 13.2. The Kier molecular flexibility index (Phi) is 8.87. The number of carbonyl (C=O) groups is 2. The van der Waals surface area contributed by atoms with Crippen LogP contribution < -0.4 is 20.3 Å². The van der Waals surface area contributed by atoms with E-state index in [1.807, 2.05) is 24.0 Å². The van der Waals surface area contributed by atoms with Gasteiger partial charge in [0.15, 0.2) is 0 Å². The predicted molar refractivity (Wildman–Crippen MR) is 160 cm³/mol. The second kappa shape index (κ2) is 12.3. The first-order valence-corrected chi connectivity index (χ1v) is 15.8. The summed E-state index contributed by atoms with van der Waals surface area (Å²) in [6.45, 7) is 5.17. The summed E-state index contributed by atoms with van der Waals surface area (Å²) in [6.07, 6.45) is -1.41. The van der Waals surface area contributed by atoms with Gasteiger partial charge >= 0.3 is 6.36 Å². The molecule has 0 aromatic heterocycles. The lowest BCUT2D eigenvalue weighted by Crippen LogP contribution is -2.50. The number of halogens is 3. The van der Waals surface area contributed by atoms with Crippen molar-refractivity contribution in [1.29, 1.82) is 0 Å². The SMILES string of the molecule is CC(=O)N(c1ccc(C=CS(=O)(=O)N2CCC3(CC2)N=C(c2cccc(OC(F)(F)F)c2)NC3=O)c(C)c1)C1CCNCC1. The van der Waals surface area contributed by atoms with Crippen LogP contribution in [0.5, 0.6) is 5.75 Å². The number of aliphatic imine (C=N–C) groups is 1. The molecule has 2 amide bonds. The Morgan fingerprint density at radius 2 is 1.84 bits per heavy atom. The molecule has 14 heteroatoms. The fourth-order valence-electron chi connectivity index (χ4n) is 5.90. The Morgan fingerprint density at radius 3 is 2.48 bits per heavy atom. The van der Waals surface area contributed by atoms with E-state index in [0.29, 0.717) is 5.56 Å². The van der Waals surface area contributed by atoms with Crippen molar-refractivity contribution >= 4 is 39.4 Å². The highest BCUT2D eigenvalue weighted by molar-refractivity contribution is 7.92. The summed E-state index contributed by atoms with van der Waals surface area (Å²) in [5.74, 6) is -0.798. The van der Waals surface area contributed by atoms with E-state index in [4.69, 9.17) is 0 Å². The van der Waals surface area contributed by atoms with E-state index >= 15 is 0 Å². The summed E-state index contributed by atoms with van der Waals surface area (Å²) < 4.78 is 69.6. The molecule has 10 nitrogen and oxygen atoms in total. The first-order valence-electron chi connectivity index (χ1n) is 14.3. The molecule has 2 aromatic carbocycles. The van der Waals surface area contributed by atoms with Gasteiger partial charge in [-0.3, -0.25) is 14.6 Å². The Balaban J connectivity index is 1.25. The van der Waals surface area contributed by atoms with Crippen LogP contribution in [0.2, 0.25) is 0 Å². The van der Waals surface area contributed by atoms with E-state index in [-0.39, 0.29) is 49.3 Å². The number of piperidine rings is 2. The van der Waals surface area contributed by atoms with Gasteiger partial charge in [-0.15, -0.1) is 13.2 Å². The number of benzene rings is 2. The number of rotatable bonds is 7. The zero-order chi connectivity index (χ0) is 31.7. The fraction of sp³-hybridized carbons (Fsp3) is 0.433. The molecule has 0 saturated carbocycles. The quantitative estimate of drug-likeness (QED) is 0.480. The van der Waals surface area contributed by atoms with Crippen molar-refractivity contribution in [2.24, 2.45) is 4.99 Å². The van der Waals surface area contributed by atoms with Gasteiger partial charge in [0, 0.05) is 42.7 Å². The fourth-order valence-corrected chi connectivity index (χ4v) is 7.08. The molecule has 3 heterocycles. The second-order valence-corrected chi connectivity index (χ2v) is 13.0. The third kappa shape index (κ3) is 6.97. The van der Waals surface area contributed by atoms with Crippen molar-refractivity contribution in [3.8, 4) is 5.75 Å². The number of amides is 2. The number of alkyl halides is 3. The van der Waals surface area contributed by atoms with Gasteiger partial charge in [0.05, 0.1) is 0 Å². The number of hydrogen-bond acceptors (Lipinski definition) is 7. The lowest BCUT2D eigenvalue weighted by Gasteiger charge is -2.34. The normalized spacial score (nSPS) is 19.7. The summed E-state index contributed by atoms with van der Waals surface area (Å²) in [5.41, 5.74) is 1.33. The minimum Gasteiger partial charge on any atom is -0.406 e. The lowest BCUT2D eigenvalue weighted by molar-refractivity contribution is -0.274. The number of anilines is 1. The molecule has 0 unspecified atom stereocenters. The molecule has 0 aliphatic carbocycles. The monoisotopic (exact) mass is 633 g/mol. The largest absolute Gasteiger partial charge is 0.573 e. The first kappa shape index (κ1) is 31.7. The highest BCUT2D eigenvalue weighted by Crippen LogP contribution is 2.33. The van der Waals surface area contributed by atoms with Crippen LogP contribution in [0.25, 0.3) is 6.08 Å². The van der Waals surface area contributed by atoms with Gasteiger partial charge in [0.25, 0.3) is 5.91 Å². The van der Waals surface area contributed by atoms with Gasteiger partial charge in [-0.1, -0.05) is 18.2 Å². The number of nitrogens with zero attached hydrogens (tertiary/aromatic N) is 3. The van der Waals surface area contributed by atoms with E-state index in [9.17, 15) is 31.2 Å². The van der Waals surface area contributed by atoms with Gasteiger partial charge in [-0.2, -0.15) is 4.31 Å². The number of ether oxygens (including phenoxy) is 1. The molecule has 3 aliphatic heterocycles. The molecule has 236 valence electrons. The zero-order valence-corrected chi connectivity index (χ0v) is 25.2. The van der Waals surface area contributed by atoms with Crippen LogP contribution in [-0.2, 0) is 19.6 Å². The van der Waals surface area contributed by atoms with Crippen LogP contribution in [0.15, 0.2) is 52.9 Å². The van der Waals surface area contributed by atoms with Gasteiger partial charge in [-0.25, -0.2) is 8.42 Å². The molecule has 0 atom stereocenters. The molecule has 2 N–H and O–H groups in total. The van der Waals surface area contributed by atoms with Crippen LogP contribution in [0.3, 0.4) is 0 Å². The topological polar surface area (TPSA) is 120 Å². The van der Waals surface area contributed by atoms with Crippen LogP contribution in [-0.4, -0.2) is 74.5 Å². The molecule has 2 aromatic rings. The van der Waals surface area contributed by atoms with E-state index in [2.05, 4.69) is 20.4 Å². The lowest BCUT2D eigenvalue weighted by atomic mass is 9.89. The number of aryl methyl sites for hydroxylation is 1. The van der Waals surface area contributed by atoms with Gasteiger partial charge in [0.1, 0.15) is 17.1 Å². The number of sulfonamides is 1.